The Morgan fingerprint density at radius 3 is 2.40 bits per heavy atom. The van der Waals surface area contributed by atoms with E-state index in [0.717, 1.165) is 6.92 Å². The summed E-state index contributed by atoms with van der Waals surface area (Å²) >= 11 is 0. The van der Waals surface area contributed by atoms with Gasteiger partial charge in [-0.1, -0.05) is 5.16 Å². The monoisotopic (exact) mass is 484 g/mol. The van der Waals surface area contributed by atoms with Crippen LogP contribution >= 0.6 is 0 Å². The van der Waals surface area contributed by atoms with Gasteiger partial charge in [0.1, 0.15) is 30.0 Å². The normalized spacial score (nSPS) is 28.7. The van der Waals surface area contributed by atoms with Crippen molar-refractivity contribution in [2.24, 2.45) is 17.0 Å². The molecule has 0 aromatic heterocycles. The molecule has 4 rings (SSSR count). The highest BCUT2D eigenvalue weighted by molar-refractivity contribution is 6.25. The first-order chi connectivity index (χ1) is 16.4. The van der Waals surface area contributed by atoms with Gasteiger partial charge in [-0.3, -0.25) is 19.3 Å². The lowest BCUT2D eigenvalue weighted by Gasteiger charge is -2.50. The lowest BCUT2D eigenvalue weighted by molar-refractivity contribution is -0.153. The fraction of sp³-hybridized carbons (Fsp3) is 0.440. The number of aromatic hydroxyl groups is 1. The summed E-state index contributed by atoms with van der Waals surface area (Å²) in [6.45, 7) is 2.78. The number of benzene rings is 1. The molecule has 1 saturated carbocycles. The van der Waals surface area contributed by atoms with Gasteiger partial charge in [-0.25, -0.2) is 0 Å². The highest BCUT2D eigenvalue weighted by Gasteiger charge is 2.64. The van der Waals surface area contributed by atoms with Crippen LogP contribution in [-0.2, 0) is 25.6 Å². The van der Waals surface area contributed by atoms with Crippen molar-refractivity contribution in [2.75, 3.05) is 21.2 Å². The number of fused-ring (bicyclic) bond motifs is 3. The number of oxime groups is 1. The summed E-state index contributed by atoms with van der Waals surface area (Å²) in [6.07, 6.45) is 0.256. The van der Waals surface area contributed by atoms with Gasteiger partial charge in [0.05, 0.1) is 17.3 Å². The molecule has 1 aromatic rings. The standard InChI is InChI=1S/C25H28N2O8/c1-10(26-35-5)13-6-7-16(29)19-14(13)8-12-9-15-20(27(3)4)22(31)17(11(2)28)23(32)25(15,34)24(33)18(12)21(19)30/h6-7,12,15,20,29-30,32,34H,8-9H2,1-5H3/b26-10+/t12-,15-,20-,25+/m0/s1. The minimum Gasteiger partial charge on any atom is -0.508 e. The molecule has 3 aliphatic carbocycles. The second kappa shape index (κ2) is 8.31. The van der Waals surface area contributed by atoms with E-state index >= 15 is 0 Å². The molecule has 1 aromatic carbocycles. The Hall–Kier alpha value is -3.50. The van der Waals surface area contributed by atoms with Crippen LogP contribution < -0.4 is 0 Å². The van der Waals surface area contributed by atoms with Crippen LogP contribution in [0.3, 0.4) is 0 Å². The highest BCUT2D eigenvalue weighted by atomic mass is 16.6. The predicted octanol–water partition coefficient (Wildman–Crippen LogP) is 1.44. The summed E-state index contributed by atoms with van der Waals surface area (Å²) in [4.78, 5) is 45.6. The third kappa shape index (κ3) is 3.31. The van der Waals surface area contributed by atoms with Gasteiger partial charge in [0.25, 0.3) is 0 Å². The zero-order chi connectivity index (χ0) is 26.0. The van der Waals surface area contributed by atoms with E-state index in [0.29, 0.717) is 16.8 Å². The van der Waals surface area contributed by atoms with E-state index in [1.165, 1.54) is 18.1 Å². The molecule has 0 heterocycles. The van der Waals surface area contributed by atoms with Gasteiger partial charge in [-0.05, 0) is 64.4 Å². The van der Waals surface area contributed by atoms with Crippen molar-refractivity contribution in [3.8, 4) is 5.75 Å². The number of aliphatic hydroxyl groups is 3. The number of phenolic OH excluding ortho intramolecular Hbond substituents is 1. The Morgan fingerprint density at radius 1 is 1.17 bits per heavy atom. The number of aliphatic hydroxyl groups excluding tert-OH is 2. The molecular formula is C25H28N2O8. The Labute approximate surface area is 201 Å². The zero-order valence-corrected chi connectivity index (χ0v) is 20.1. The van der Waals surface area contributed by atoms with Crippen molar-refractivity contribution in [1.82, 2.24) is 4.90 Å². The fourth-order valence-corrected chi connectivity index (χ4v) is 5.87. The third-order valence-electron chi connectivity index (χ3n) is 7.33. The molecule has 10 nitrogen and oxygen atoms in total. The van der Waals surface area contributed by atoms with Crippen LogP contribution in [0.15, 0.2) is 34.2 Å². The van der Waals surface area contributed by atoms with E-state index in [1.54, 1.807) is 27.1 Å². The maximum Gasteiger partial charge on any atom is 0.202 e. The summed E-state index contributed by atoms with van der Waals surface area (Å²) in [5, 5.41) is 48.3. The number of rotatable bonds is 4. The predicted molar refractivity (Wildman–Crippen MR) is 125 cm³/mol. The van der Waals surface area contributed by atoms with Crippen molar-refractivity contribution in [3.63, 3.8) is 0 Å². The van der Waals surface area contributed by atoms with Gasteiger partial charge in [-0.15, -0.1) is 0 Å². The summed E-state index contributed by atoms with van der Waals surface area (Å²) in [5.41, 5.74) is -1.70. The Kier molecular flexibility index (Phi) is 5.85. The summed E-state index contributed by atoms with van der Waals surface area (Å²) in [7, 11) is 4.57. The van der Waals surface area contributed by atoms with Crippen LogP contribution in [0.4, 0.5) is 0 Å². The topological polar surface area (TPSA) is 157 Å². The molecule has 0 aliphatic heterocycles. The molecule has 10 heteroatoms. The lowest BCUT2D eigenvalue weighted by Crippen LogP contribution is -2.65. The average Bonchev–Trinajstić information content (AvgIpc) is 2.76. The van der Waals surface area contributed by atoms with Crippen molar-refractivity contribution < 1.29 is 39.6 Å². The van der Waals surface area contributed by atoms with Crippen LogP contribution in [-0.4, -0.2) is 81.2 Å². The van der Waals surface area contributed by atoms with Gasteiger partial charge in [0.2, 0.25) is 5.78 Å². The molecule has 0 saturated heterocycles. The first kappa shape index (κ1) is 24.6. The summed E-state index contributed by atoms with van der Waals surface area (Å²) in [5.74, 6) is -5.92. The number of hydrogen-bond acceptors (Lipinski definition) is 10. The highest BCUT2D eigenvalue weighted by Crippen LogP contribution is 2.53. The first-order valence-electron chi connectivity index (χ1n) is 11.2. The third-order valence-corrected chi connectivity index (χ3v) is 7.33. The lowest BCUT2D eigenvalue weighted by atomic mass is 9.57. The summed E-state index contributed by atoms with van der Waals surface area (Å²) in [6, 6.07) is 1.94. The SMILES string of the molecule is CO/N=C(\C)c1ccc(O)c2c1C[C@H]1C[C@H]3[C@H](N(C)C)C(=O)C(C(C)=O)=C(O)[C@@]3(O)C(=O)C1=C2O. The van der Waals surface area contributed by atoms with Crippen molar-refractivity contribution >= 4 is 28.8 Å². The number of carbonyl (C=O) groups excluding carboxylic acids is 3. The number of nitrogens with zero attached hydrogens (tertiary/aromatic N) is 2. The molecule has 186 valence electrons. The molecule has 0 unspecified atom stereocenters. The molecular weight excluding hydrogens is 456 g/mol. The minimum atomic E-state index is -2.58. The first-order valence-corrected chi connectivity index (χ1v) is 11.2. The van der Waals surface area contributed by atoms with Crippen LogP contribution in [0.5, 0.6) is 5.75 Å². The fourth-order valence-electron chi connectivity index (χ4n) is 5.87. The smallest absolute Gasteiger partial charge is 0.202 e. The van der Waals surface area contributed by atoms with Crippen LogP contribution in [0.2, 0.25) is 0 Å². The maximum absolute atomic E-state index is 13.8. The number of carbonyl (C=O) groups is 3. The van der Waals surface area contributed by atoms with E-state index in [4.69, 9.17) is 4.84 Å². The molecule has 0 radical (unpaired) electrons. The molecule has 35 heavy (non-hydrogen) atoms. The van der Waals surface area contributed by atoms with Gasteiger partial charge in [-0.2, -0.15) is 0 Å². The minimum absolute atomic E-state index is 0.0288. The number of ketones is 3. The molecule has 0 amide bonds. The Balaban J connectivity index is 1.98. The van der Waals surface area contributed by atoms with Crippen molar-refractivity contribution in [1.29, 1.82) is 0 Å². The van der Waals surface area contributed by atoms with E-state index < -0.39 is 57.9 Å². The van der Waals surface area contributed by atoms with Crippen molar-refractivity contribution in [2.45, 2.75) is 38.3 Å². The maximum atomic E-state index is 13.8. The molecule has 4 N–H and O–H groups in total. The van der Waals surface area contributed by atoms with Crippen LogP contribution in [0.25, 0.3) is 5.76 Å². The largest absolute Gasteiger partial charge is 0.508 e. The van der Waals surface area contributed by atoms with E-state index in [9.17, 15) is 34.8 Å². The Morgan fingerprint density at radius 2 is 1.83 bits per heavy atom. The van der Waals surface area contributed by atoms with Crippen LogP contribution in [0.1, 0.15) is 37.0 Å². The molecule has 1 fully saturated rings. The number of Topliss-reactive ketones (excluding diaryl/α,β-unsaturated/α-hetero) is 3. The molecule has 4 atom stereocenters. The van der Waals surface area contributed by atoms with Gasteiger partial charge in [0.15, 0.2) is 17.2 Å². The number of likely N-dealkylation sites (N-methyl/N-ethyl adjacent to an activating group) is 1. The van der Waals surface area contributed by atoms with E-state index in [2.05, 4.69) is 5.16 Å². The van der Waals surface area contributed by atoms with Gasteiger partial charge >= 0.3 is 0 Å². The van der Waals surface area contributed by atoms with E-state index in [-0.39, 0.29) is 29.7 Å². The second-order valence-electron chi connectivity index (χ2n) is 9.50. The Bertz CT molecular complexity index is 1260. The molecule has 0 bridgehead atoms. The molecule has 0 spiro atoms. The van der Waals surface area contributed by atoms with Gasteiger partial charge in [0, 0.05) is 17.1 Å². The zero-order valence-electron chi connectivity index (χ0n) is 20.1. The van der Waals surface area contributed by atoms with Crippen LogP contribution in [0, 0.1) is 11.8 Å². The molecule has 3 aliphatic rings. The summed E-state index contributed by atoms with van der Waals surface area (Å²) < 4.78 is 0. The van der Waals surface area contributed by atoms with Gasteiger partial charge < -0.3 is 25.3 Å². The second-order valence-corrected chi connectivity index (χ2v) is 9.50. The quantitative estimate of drug-likeness (QED) is 0.282. The van der Waals surface area contributed by atoms with Crippen molar-refractivity contribution in [3.05, 3.63) is 45.7 Å². The average molecular weight is 485 g/mol. The number of phenols is 1. The van der Waals surface area contributed by atoms with E-state index in [1.807, 2.05) is 0 Å². The number of hydrogen-bond donors (Lipinski definition) is 4.